The van der Waals surface area contributed by atoms with Gasteiger partial charge in [-0.05, 0) is 6.42 Å². The maximum absolute atomic E-state index is 4.34. The highest BCUT2D eigenvalue weighted by Gasteiger charge is 2.07. The first-order chi connectivity index (χ1) is 6.79. The molecular formula is C9H13N5. The number of H-pyrrole nitrogens is 1. The monoisotopic (exact) mass is 191 g/mol. The van der Waals surface area contributed by atoms with Crippen LogP contribution in [0.4, 0.5) is 0 Å². The van der Waals surface area contributed by atoms with E-state index in [2.05, 4.69) is 27.1 Å². The lowest BCUT2D eigenvalue weighted by atomic mass is 10.3. The lowest BCUT2D eigenvalue weighted by Crippen LogP contribution is -1.85. The van der Waals surface area contributed by atoms with Crippen LogP contribution >= 0.6 is 0 Å². The summed E-state index contributed by atoms with van der Waals surface area (Å²) in [6.45, 7) is 2.11. The average molecular weight is 191 g/mol. The first-order valence-corrected chi connectivity index (χ1v) is 4.69. The van der Waals surface area contributed by atoms with Crippen LogP contribution in [-0.2, 0) is 13.5 Å². The van der Waals surface area contributed by atoms with Crippen molar-refractivity contribution in [1.29, 1.82) is 0 Å². The van der Waals surface area contributed by atoms with Crippen LogP contribution in [0.2, 0.25) is 0 Å². The first-order valence-electron chi connectivity index (χ1n) is 4.69. The first kappa shape index (κ1) is 8.93. The van der Waals surface area contributed by atoms with E-state index in [0.29, 0.717) is 5.82 Å². The molecule has 0 aliphatic rings. The van der Waals surface area contributed by atoms with Gasteiger partial charge in [0.2, 0.25) is 5.82 Å². The summed E-state index contributed by atoms with van der Waals surface area (Å²) < 4.78 is 1.88. The number of hydrogen-bond acceptors (Lipinski definition) is 3. The zero-order valence-electron chi connectivity index (χ0n) is 8.36. The lowest BCUT2D eigenvalue weighted by molar-refractivity contribution is 0.841. The number of nitrogens with zero attached hydrogens (tertiary/aromatic N) is 4. The molecule has 5 nitrogen and oxygen atoms in total. The molecule has 2 aromatic heterocycles. The van der Waals surface area contributed by atoms with Gasteiger partial charge in [-0.25, -0.2) is 9.97 Å². The minimum absolute atomic E-state index is 0.675. The van der Waals surface area contributed by atoms with Gasteiger partial charge in [-0.2, -0.15) is 5.10 Å². The molecule has 0 radical (unpaired) electrons. The SMILES string of the molecule is CCCc1nc(-c2cn(C)cn2)n[nH]1. The number of imidazole rings is 1. The van der Waals surface area contributed by atoms with Crippen LogP contribution in [0.5, 0.6) is 0 Å². The second-order valence-electron chi connectivity index (χ2n) is 3.28. The standard InChI is InChI=1S/C9H13N5/c1-3-4-8-11-9(13-12-8)7-5-14(2)6-10-7/h5-6H,3-4H2,1-2H3,(H,11,12,13). The Bertz CT molecular complexity index is 414. The molecule has 2 rings (SSSR count). The summed E-state index contributed by atoms with van der Waals surface area (Å²) in [5, 5.41) is 7.01. The molecule has 2 heterocycles. The third-order valence-electron chi connectivity index (χ3n) is 1.95. The minimum Gasteiger partial charge on any atom is -0.340 e. The van der Waals surface area contributed by atoms with E-state index >= 15 is 0 Å². The van der Waals surface area contributed by atoms with Crippen molar-refractivity contribution in [2.75, 3.05) is 0 Å². The van der Waals surface area contributed by atoms with Gasteiger partial charge in [0.1, 0.15) is 11.5 Å². The molecule has 0 unspecified atom stereocenters. The van der Waals surface area contributed by atoms with Gasteiger partial charge in [-0.15, -0.1) is 0 Å². The quantitative estimate of drug-likeness (QED) is 0.791. The Morgan fingerprint density at radius 2 is 2.36 bits per heavy atom. The molecule has 0 aromatic carbocycles. The molecule has 14 heavy (non-hydrogen) atoms. The van der Waals surface area contributed by atoms with Crippen LogP contribution in [0.25, 0.3) is 11.5 Å². The Morgan fingerprint density at radius 1 is 1.50 bits per heavy atom. The Hall–Kier alpha value is -1.65. The van der Waals surface area contributed by atoms with Crippen molar-refractivity contribution in [2.24, 2.45) is 7.05 Å². The third kappa shape index (κ3) is 1.66. The molecule has 0 fully saturated rings. The Kier molecular flexibility index (Phi) is 2.30. The van der Waals surface area contributed by atoms with Crippen molar-refractivity contribution in [3.8, 4) is 11.5 Å². The maximum Gasteiger partial charge on any atom is 0.201 e. The molecule has 0 saturated heterocycles. The van der Waals surface area contributed by atoms with Gasteiger partial charge >= 0.3 is 0 Å². The molecule has 0 saturated carbocycles. The van der Waals surface area contributed by atoms with Gasteiger partial charge < -0.3 is 4.57 Å². The number of nitrogens with one attached hydrogen (secondary N) is 1. The van der Waals surface area contributed by atoms with Crippen molar-refractivity contribution in [1.82, 2.24) is 24.7 Å². The van der Waals surface area contributed by atoms with E-state index in [9.17, 15) is 0 Å². The Labute approximate surface area is 82.2 Å². The number of rotatable bonds is 3. The molecule has 0 bridgehead atoms. The molecule has 0 amide bonds. The molecule has 5 heteroatoms. The molecule has 2 aromatic rings. The Morgan fingerprint density at radius 3 is 3.00 bits per heavy atom. The summed E-state index contributed by atoms with van der Waals surface area (Å²) in [7, 11) is 1.93. The van der Waals surface area contributed by atoms with Gasteiger partial charge in [-0.3, -0.25) is 5.10 Å². The lowest BCUT2D eigenvalue weighted by Gasteiger charge is -1.86. The summed E-state index contributed by atoms with van der Waals surface area (Å²) >= 11 is 0. The van der Waals surface area contributed by atoms with Gasteiger partial charge in [0.05, 0.1) is 6.33 Å². The number of aromatic amines is 1. The van der Waals surface area contributed by atoms with E-state index in [-0.39, 0.29) is 0 Å². The van der Waals surface area contributed by atoms with Crippen molar-refractivity contribution in [3.05, 3.63) is 18.3 Å². The fourth-order valence-electron chi connectivity index (χ4n) is 1.29. The molecule has 74 valence electrons. The van der Waals surface area contributed by atoms with E-state index in [0.717, 1.165) is 24.4 Å². The van der Waals surface area contributed by atoms with Crippen LogP contribution in [0.3, 0.4) is 0 Å². The minimum atomic E-state index is 0.675. The zero-order chi connectivity index (χ0) is 9.97. The molecule has 0 aliphatic carbocycles. The highest BCUT2D eigenvalue weighted by atomic mass is 15.2. The summed E-state index contributed by atoms with van der Waals surface area (Å²) in [5.41, 5.74) is 0.811. The fraction of sp³-hybridized carbons (Fsp3) is 0.444. The topological polar surface area (TPSA) is 59.4 Å². The van der Waals surface area contributed by atoms with Crippen molar-refractivity contribution in [3.63, 3.8) is 0 Å². The van der Waals surface area contributed by atoms with Crippen LogP contribution in [0.1, 0.15) is 19.2 Å². The third-order valence-corrected chi connectivity index (χ3v) is 1.95. The van der Waals surface area contributed by atoms with Crippen LogP contribution in [-0.4, -0.2) is 24.7 Å². The molecule has 0 atom stereocenters. The Balaban J connectivity index is 2.24. The average Bonchev–Trinajstić information content (AvgIpc) is 2.74. The van der Waals surface area contributed by atoms with Crippen molar-refractivity contribution >= 4 is 0 Å². The second-order valence-corrected chi connectivity index (χ2v) is 3.28. The fourth-order valence-corrected chi connectivity index (χ4v) is 1.29. The summed E-state index contributed by atoms with van der Waals surface area (Å²) in [5.74, 6) is 1.60. The number of hydrogen-bond donors (Lipinski definition) is 1. The second kappa shape index (κ2) is 3.61. The molecular weight excluding hydrogens is 178 g/mol. The highest BCUT2D eigenvalue weighted by molar-refractivity contribution is 5.46. The summed E-state index contributed by atoms with van der Waals surface area (Å²) in [6.07, 6.45) is 5.64. The normalized spacial score (nSPS) is 10.7. The van der Waals surface area contributed by atoms with E-state index < -0.39 is 0 Å². The zero-order valence-corrected chi connectivity index (χ0v) is 8.36. The van der Waals surface area contributed by atoms with Crippen LogP contribution in [0.15, 0.2) is 12.5 Å². The highest BCUT2D eigenvalue weighted by Crippen LogP contribution is 2.10. The molecule has 0 spiro atoms. The summed E-state index contributed by atoms with van der Waals surface area (Å²) in [4.78, 5) is 8.52. The number of aromatic nitrogens is 5. The van der Waals surface area contributed by atoms with Gasteiger partial charge in [-0.1, -0.05) is 6.92 Å². The number of aryl methyl sites for hydroxylation is 2. The van der Waals surface area contributed by atoms with Gasteiger partial charge in [0.15, 0.2) is 0 Å². The van der Waals surface area contributed by atoms with Crippen molar-refractivity contribution < 1.29 is 0 Å². The van der Waals surface area contributed by atoms with E-state index in [4.69, 9.17) is 0 Å². The van der Waals surface area contributed by atoms with E-state index in [1.165, 1.54) is 0 Å². The van der Waals surface area contributed by atoms with E-state index in [1.807, 2.05) is 17.8 Å². The predicted octanol–water partition coefficient (Wildman–Crippen LogP) is 1.16. The van der Waals surface area contributed by atoms with Gasteiger partial charge in [0, 0.05) is 19.7 Å². The largest absolute Gasteiger partial charge is 0.340 e. The van der Waals surface area contributed by atoms with Crippen LogP contribution in [0, 0.1) is 0 Å². The van der Waals surface area contributed by atoms with Crippen LogP contribution < -0.4 is 0 Å². The maximum atomic E-state index is 4.34. The smallest absolute Gasteiger partial charge is 0.201 e. The molecule has 1 N–H and O–H groups in total. The summed E-state index contributed by atoms with van der Waals surface area (Å²) in [6, 6.07) is 0. The molecule has 0 aliphatic heterocycles. The van der Waals surface area contributed by atoms with Gasteiger partial charge in [0.25, 0.3) is 0 Å². The predicted molar refractivity (Wildman–Crippen MR) is 52.6 cm³/mol. The van der Waals surface area contributed by atoms with E-state index in [1.54, 1.807) is 6.33 Å². The van der Waals surface area contributed by atoms with Crippen molar-refractivity contribution in [2.45, 2.75) is 19.8 Å².